The highest BCUT2D eigenvalue weighted by atomic mass is 35.5. The summed E-state index contributed by atoms with van der Waals surface area (Å²) in [5, 5.41) is 24.9. The van der Waals surface area contributed by atoms with Crippen LogP contribution in [0.1, 0.15) is 17.2 Å². The number of esters is 1. The molecule has 0 radical (unpaired) electrons. The van der Waals surface area contributed by atoms with Crippen LogP contribution in [-0.4, -0.2) is 49.2 Å². The van der Waals surface area contributed by atoms with Crippen LogP contribution in [-0.2, 0) is 16.1 Å². The molecule has 212 valence electrons. The Kier molecular flexibility index (Phi) is 8.13. The second-order valence-corrected chi connectivity index (χ2v) is 11.6. The molecule has 0 spiro atoms. The van der Waals surface area contributed by atoms with E-state index in [9.17, 15) is 9.18 Å². The Hall–Kier alpha value is -4.33. The van der Waals surface area contributed by atoms with Gasteiger partial charge in [0.25, 0.3) is 0 Å². The van der Waals surface area contributed by atoms with Gasteiger partial charge in [0.1, 0.15) is 29.2 Å². The Labute approximate surface area is 252 Å². The largest absolute Gasteiger partial charge is 0.489 e. The van der Waals surface area contributed by atoms with Crippen molar-refractivity contribution in [2.24, 2.45) is 0 Å². The summed E-state index contributed by atoms with van der Waals surface area (Å²) in [5.74, 6) is 0.264. The van der Waals surface area contributed by atoms with Gasteiger partial charge in [0.2, 0.25) is 5.95 Å². The Morgan fingerprint density at radius 3 is 2.64 bits per heavy atom. The van der Waals surface area contributed by atoms with Gasteiger partial charge in [-0.1, -0.05) is 88.3 Å². The predicted molar refractivity (Wildman–Crippen MR) is 157 cm³/mol. The second-order valence-electron chi connectivity index (χ2n) is 8.94. The minimum absolute atomic E-state index is 0.0400. The van der Waals surface area contributed by atoms with E-state index in [-0.39, 0.29) is 17.2 Å². The number of halogens is 2. The molecule has 0 saturated carbocycles. The number of benzene rings is 3. The summed E-state index contributed by atoms with van der Waals surface area (Å²) in [6, 6.07) is 20.6. The van der Waals surface area contributed by atoms with Crippen LogP contribution < -0.4 is 10.1 Å². The number of carbonyl (C=O) groups excluding carboxylic acids is 1. The summed E-state index contributed by atoms with van der Waals surface area (Å²) in [6.07, 6.45) is 0. The molecule has 6 rings (SSSR count). The zero-order chi connectivity index (χ0) is 29.1. The third-order valence-corrected chi connectivity index (χ3v) is 8.90. The molecule has 0 aliphatic carbocycles. The number of carbonyl (C=O) groups is 1. The minimum Gasteiger partial charge on any atom is -0.489 e. The van der Waals surface area contributed by atoms with E-state index < -0.39 is 17.8 Å². The summed E-state index contributed by atoms with van der Waals surface area (Å²) in [7, 11) is 1.33. The summed E-state index contributed by atoms with van der Waals surface area (Å²) in [6.45, 7) is -0.0400. The van der Waals surface area contributed by atoms with Crippen LogP contribution in [0.15, 0.2) is 88.4 Å². The van der Waals surface area contributed by atoms with E-state index in [4.69, 9.17) is 21.1 Å². The molecule has 14 heteroatoms. The Morgan fingerprint density at radius 1 is 1.07 bits per heavy atom. The number of hydrogen-bond donors (Lipinski definition) is 1. The normalized spacial score (nSPS) is 14.3. The lowest BCUT2D eigenvalue weighted by molar-refractivity contribution is -0.136. The SMILES string of the molecule is COC(=O)C1=C(CSc2nnc(-c3ccccc3)s2)Nc2nnnn2C1c1ccc(OCc2c(F)cccc2Cl)cc1. The minimum atomic E-state index is -0.677. The maximum Gasteiger partial charge on any atom is 0.338 e. The van der Waals surface area contributed by atoms with Gasteiger partial charge in [-0.25, -0.2) is 9.18 Å². The molecule has 1 aliphatic rings. The number of hydrogen-bond acceptors (Lipinski definition) is 11. The molecule has 0 bridgehead atoms. The van der Waals surface area contributed by atoms with E-state index in [1.807, 2.05) is 30.3 Å². The summed E-state index contributed by atoms with van der Waals surface area (Å²) < 4.78 is 27.4. The molecule has 1 N–H and O–H groups in total. The van der Waals surface area contributed by atoms with Crippen molar-refractivity contribution >= 4 is 46.6 Å². The fraction of sp³-hybridized carbons (Fsp3) is 0.143. The smallest absolute Gasteiger partial charge is 0.338 e. The number of methoxy groups -OCH3 is 1. The van der Waals surface area contributed by atoms with Crippen molar-refractivity contribution in [2.75, 3.05) is 18.2 Å². The third kappa shape index (κ3) is 5.71. The maximum atomic E-state index is 14.2. The number of nitrogens with zero attached hydrogens (tertiary/aromatic N) is 6. The van der Waals surface area contributed by atoms with E-state index >= 15 is 0 Å². The fourth-order valence-electron chi connectivity index (χ4n) is 4.38. The van der Waals surface area contributed by atoms with Crippen molar-refractivity contribution in [1.29, 1.82) is 0 Å². The Morgan fingerprint density at radius 2 is 1.88 bits per heavy atom. The van der Waals surface area contributed by atoms with Crippen molar-refractivity contribution < 1.29 is 18.7 Å². The first-order chi connectivity index (χ1) is 20.5. The predicted octanol–water partition coefficient (Wildman–Crippen LogP) is 5.80. The molecule has 10 nitrogen and oxygen atoms in total. The highest BCUT2D eigenvalue weighted by Gasteiger charge is 2.36. The van der Waals surface area contributed by atoms with Gasteiger partial charge in [0.15, 0.2) is 4.34 Å². The number of aromatic nitrogens is 6. The number of anilines is 1. The lowest BCUT2D eigenvalue weighted by atomic mass is 9.95. The quantitative estimate of drug-likeness (QED) is 0.160. The average molecular weight is 622 g/mol. The molecule has 3 aromatic carbocycles. The van der Waals surface area contributed by atoms with Gasteiger partial charge < -0.3 is 14.8 Å². The van der Waals surface area contributed by atoms with Crippen LogP contribution in [0.3, 0.4) is 0 Å². The number of ether oxygens (including phenoxy) is 2. The maximum absolute atomic E-state index is 14.2. The number of rotatable bonds is 9. The molecule has 0 saturated heterocycles. The van der Waals surface area contributed by atoms with Crippen LogP contribution in [0.5, 0.6) is 5.75 Å². The molecule has 2 aromatic heterocycles. The average Bonchev–Trinajstić information content (AvgIpc) is 3.69. The van der Waals surface area contributed by atoms with Crippen molar-refractivity contribution in [3.05, 3.63) is 106 Å². The molecular weight excluding hydrogens is 601 g/mol. The first kappa shape index (κ1) is 27.8. The third-order valence-electron chi connectivity index (χ3n) is 6.41. The first-order valence-corrected chi connectivity index (χ1v) is 14.7. The highest BCUT2D eigenvalue weighted by molar-refractivity contribution is 8.01. The Balaban J connectivity index is 1.26. The zero-order valence-electron chi connectivity index (χ0n) is 21.9. The van der Waals surface area contributed by atoms with Crippen LogP contribution in [0.25, 0.3) is 10.6 Å². The van der Waals surface area contributed by atoms with Crippen molar-refractivity contribution in [3.63, 3.8) is 0 Å². The number of thioether (sulfide) groups is 1. The Bertz CT molecular complexity index is 1740. The van der Waals surface area contributed by atoms with E-state index in [2.05, 4.69) is 31.0 Å². The number of fused-ring (bicyclic) bond motifs is 1. The number of nitrogens with one attached hydrogen (secondary N) is 1. The number of tetrazole rings is 1. The lowest BCUT2D eigenvalue weighted by Crippen LogP contribution is -2.30. The van der Waals surface area contributed by atoms with Gasteiger partial charge in [-0.3, -0.25) is 0 Å². The van der Waals surface area contributed by atoms with E-state index in [1.165, 1.54) is 47.0 Å². The van der Waals surface area contributed by atoms with E-state index in [0.29, 0.717) is 34.3 Å². The molecule has 1 aliphatic heterocycles. The zero-order valence-corrected chi connectivity index (χ0v) is 24.3. The molecule has 0 fully saturated rings. The summed E-state index contributed by atoms with van der Waals surface area (Å²) in [5.41, 5.74) is 2.90. The van der Waals surface area contributed by atoms with Gasteiger partial charge in [-0.15, -0.1) is 10.2 Å². The summed E-state index contributed by atoms with van der Waals surface area (Å²) >= 11 is 9.02. The van der Waals surface area contributed by atoms with Crippen molar-refractivity contribution in [1.82, 2.24) is 30.4 Å². The van der Waals surface area contributed by atoms with Gasteiger partial charge >= 0.3 is 5.97 Å². The molecule has 42 heavy (non-hydrogen) atoms. The monoisotopic (exact) mass is 621 g/mol. The molecular formula is C28H21ClFN7O3S2. The van der Waals surface area contributed by atoms with Gasteiger partial charge in [0, 0.05) is 22.6 Å². The van der Waals surface area contributed by atoms with Gasteiger partial charge in [-0.2, -0.15) is 4.68 Å². The second kappa shape index (κ2) is 12.3. The molecule has 5 aromatic rings. The standard InChI is InChI=1S/C28H21ClFN7O3S2/c1-39-26(38)23-22(15-41-28-34-32-25(42-28)17-6-3-2-4-7-17)31-27-33-35-36-37(27)24(23)16-10-12-18(13-11-16)40-14-19-20(29)8-5-9-21(19)30/h2-13,24H,14-15H2,1H3,(H,31,33,36). The molecule has 3 heterocycles. The van der Waals surface area contributed by atoms with Gasteiger partial charge in [0.05, 0.1) is 17.7 Å². The van der Waals surface area contributed by atoms with Crippen LogP contribution in [0.2, 0.25) is 5.02 Å². The fourth-order valence-corrected chi connectivity index (χ4v) is 6.42. The molecule has 0 amide bonds. The van der Waals surface area contributed by atoms with Gasteiger partial charge in [-0.05, 0) is 40.3 Å². The molecule has 1 atom stereocenters. The topological polar surface area (TPSA) is 117 Å². The van der Waals surface area contributed by atoms with E-state index in [0.717, 1.165) is 14.9 Å². The van der Waals surface area contributed by atoms with Crippen LogP contribution in [0, 0.1) is 5.82 Å². The lowest BCUT2D eigenvalue weighted by Gasteiger charge is -2.28. The first-order valence-electron chi connectivity index (χ1n) is 12.6. The van der Waals surface area contributed by atoms with Crippen LogP contribution in [0.4, 0.5) is 10.3 Å². The molecule has 1 unspecified atom stereocenters. The summed E-state index contributed by atoms with van der Waals surface area (Å²) in [4.78, 5) is 13.2. The van der Waals surface area contributed by atoms with Crippen LogP contribution >= 0.6 is 34.7 Å². The highest BCUT2D eigenvalue weighted by Crippen LogP contribution is 2.38. The van der Waals surface area contributed by atoms with Crippen molar-refractivity contribution in [3.8, 4) is 16.3 Å². The van der Waals surface area contributed by atoms with E-state index in [1.54, 1.807) is 30.3 Å². The van der Waals surface area contributed by atoms with Crippen molar-refractivity contribution in [2.45, 2.75) is 17.0 Å².